The van der Waals surface area contributed by atoms with Gasteiger partial charge in [-0.15, -0.1) is 0 Å². The maximum atomic E-state index is 11.4. The molecule has 0 unspecified atom stereocenters. The van der Waals surface area contributed by atoms with Crippen LogP contribution < -0.4 is 11.1 Å². The van der Waals surface area contributed by atoms with Crippen LogP contribution in [0.5, 0.6) is 0 Å². The Balaban J connectivity index is 0.000000613. The largest absolute Gasteiger partial charge is 0.519 e. The molecule has 2 aromatic rings. The Morgan fingerprint density at radius 3 is 1.53 bits per heavy atom. The second kappa shape index (κ2) is 20.2. The summed E-state index contributed by atoms with van der Waals surface area (Å²) in [6.07, 6.45) is -0.0592. The molecule has 1 aliphatic rings. The molecule has 0 aromatic heterocycles. The number of carbonyl (C=O) groups is 3. The molecule has 2 aromatic carbocycles. The number of nitrogens with two attached hydrogens (primary N) is 1. The summed E-state index contributed by atoms with van der Waals surface area (Å²) in [7, 11) is 0. The minimum atomic E-state index is -1.06. The first-order valence-corrected chi connectivity index (χ1v) is 14.6. The van der Waals surface area contributed by atoms with Crippen molar-refractivity contribution in [3.05, 3.63) is 59.7 Å². The summed E-state index contributed by atoms with van der Waals surface area (Å²) in [4.78, 5) is 33.5. The number of ether oxygens (including phenoxy) is 5. The third-order valence-electron chi connectivity index (χ3n) is 4.66. The number of aliphatic hydroxyl groups is 2. The van der Waals surface area contributed by atoms with Crippen molar-refractivity contribution in [1.29, 1.82) is 0 Å². The normalized spacial score (nSPS) is 12.4. The van der Waals surface area contributed by atoms with Gasteiger partial charge >= 0.3 is 18.4 Å². The highest BCUT2D eigenvalue weighted by Crippen LogP contribution is 2.14. The van der Waals surface area contributed by atoms with Crippen LogP contribution in [0.4, 0.5) is 25.8 Å². The predicted octanol–water partition coefficient (Wildman–Crippen LogP) is 6.96. The van der Waals surface area contributed by atoms with E-state index in [-0.39, 0.29) is 13.2 Å². The SMILES string of the molecule is C1CCOC1.CC(C)(C)OC(=O)Nc1cccc(CO)c1.CC(C)(C)OC(=O)OC(=O)OC(C)(C)C.Nc1cccc(CO)c1. The number of aliphatic hydroxyl groups excluding tert-OH is 2. The molecule has 12 nitrogen and oxygen atoms in total. The zero-order chi connectivity index (χ0) is 34.7. The molecule has 3 rings (SSSR count). The molecule has 254 valence electrons. The van der Waals surface area contributed by atoms with E-state index in [2.05, 4.69) is 10.1 Å². The van der Waals surface area contributed by atoms with E-state index in [1.807, 2.05) is 12.1 Å². The van der Waals surface area contributed by atoms with Crippen molar-refractivity contribution in [2.45, 2.75) is 105 Å². The number of hydrogen-bond donors (Lipinski definition) is 4. The van der Waals surface area contributed by atoms with Crippen LogP contribution >= 0.6 is 0 Å². The van der Waals surface area contributed by atoms with E-state index in [1.165, 1.54) is 12.8 Å². The van der Waals surface area contributed by atoms with Crippen LogP contribution in [0.25, 0.3) is 0 Å². The predicted molar refractivity (Wildman–Crippen MR) is 173 cm³/mol. The van der Waals surface area contributed by atoms with E-state index in [0.717, 1.165) is 24.3 Å². The second-order valence-electron chi connectivity index (χ2n) is 12.7. The third-order valence-corrected chi connectivity index (χ3v) is 4.66. The molecule has 0 atom stereocenters. The topological polar surface area (TPSA) is 176 Å². The van der Waals surface area contributed by atoms with Crippen LogP contribution in [0, 0.1) is 0 Å². The fourth-order valence-corrected chi connectivity index (χ4v) is 2.98. The number of nitrogens with one attached hydrogen (secondary N) is 1. The van der Waals surface area contributed by atoms with Gasteiger partial charge in [0.1, 0.15) is 16.8 Å². The summed E-state index contributed by atoms with van der Waals surface area (Å²) in [5, 5.41) is 20.1. The lowest BCUT2D eigenvalue weighted by Gasteiger charge is -2.20. The lowest BCUT2D eigenvalue weighted by molar-refractivity contribution is -0.0294. The Morgan fingerprint density at radius 1 is 0.733 bits per heavy atom. The minimum absolute atomic E-state index is 0.0517. The molecular weight excluding hydrogens is 584 g/mol. The highest BCUT2D eigenvalue weighted by Gasteiger charge is 2.24. The summed E-state index contributed by atoms with van der Waals surface area (Å²) in [6, 6.07) is 14.2. The molecule has 0 spiro atoms. The van der Waals surface area contributed by atoms with E-state index in [0.29, 0.717) is 11.4 Å². The molecule has 1 aliphatic heterocycles. The zero-order valence-electron chi connectivity index (χ0n) is 28.1. The van der Waals surface area contributed by atoms with Gasteiger partial charge in [-0.1, -0.05) is 24.3 Å². The Bertz CT molecular complexity index is 1130. The lowest BCUT2D eigenvalue weighted by Crippen LogP contribution is -2.29. The molecule has 45 heavy (non-hydrogen) atoms. The fraction of sp³-hybridized carbons (Fsp3) is 0.545. The van der Waals surface area contributed by atoms with Gasteiger partial charge in [-0.3, -0.25) is 5.32 Å². The van der Waals surface area contributed by atoms with Gasteiger partial charge in [-0.2, -0.15) is 0 Å². The van der Waals surface area contributed by atoms with Crippen LogP contribution in [-0.2, 0) is 36.9 Å². The number of carbonyl (C=O) groups excluding carboxylic acids is 3. The molecule has 0 aliphatic carbocycles. The van der Waals surface area contributed by atoms with Crippen molar-refractivity contribution in [2.24, 2.45) is 0 Å². The minimum Gasteiger partial charge on any atom is -0.444 e. The van der Waals surface area contributed by atoms with E-state index < -0.39 is 35.2 Å². The number of anilines is 2. The first-order valence-electron chi connectivity index (χ1n) is 14.6. The van der Waals surface area contributed by atoms with Crippen molar-refractivity contribution in [1.82, 2.24) is 0 Å². The van der Waals surface area contributed by atoms with Crippen LogP contribution in [0.2, 0.25) is 0 Å². The van der Waals surface area contributed by atoms with Crippen LogP contribution in [0.3, 0.4) is 0 Å². The molecule has 1 amide bonds. The zero-order valence-corrected chi connectivity index (χ0v) is 28.1. The Kier molecular flexibility index (Phi) is 18.5. The first-order chi connectivity index (χ1) is 20.7. The number of benzene rings is 2. The van der Waals surface area contributed by atoms with Gasteiger partial charge in [-0.05, 0) is 111 Å². The van der Waals surface area contributed by atoms with Crippen LogP contribution in [0.1, 0.15) is 86.3 Å². The van der Waals surface area contributed by atoms with Crippen molar-refractivity contribution in [3.8, 4) is 0 Å². The molecule has 12 heteroatoms. The summed E-state index contributed by atoms with van der Waals surface area (Å²) in [5.41, 5.74) is 6.43. The van der Waals surface area contributed by atoms with E-state index in [4.69, 9.17) is 34.9 Å². The second-order valence-corrected chi connectivity index (χ2v) is 12.7. The van der Waals surface area contributed by atoms with Gasteiger partial charge in [0, 0.05) is 24.6 Å². The van der Waals surface area contributed by atoms with Crippen molar-refractivity contribution in [3.63, 3.8) is 0 Å². The number of rotatable bonds is 3. The van der Waals surface area contributed by atoms with E-state index in [1.54, 1.807) is 98.7 Å². The molecule has 1 heterocycles. The van der Waals surface area contributed by atoms with Gasteiger partial charge in [0.15, 0.2) is 0 Å². The molecule has 0 radical (unpaired) electrons. The van der Waals surface area contributed by atoms with Crippen molar-refractivity contribution >= 4 is 29.8 Å². The first kappa shape index (κ1) is 41.1. The number of nitrogen functional groups attached to an aromatic ring is 1. The Hall–Kier alpha value is -3.87. The molecule has 1 fully saturated rings. The number of amides is 1. The summed E-state index contributed by atoms with van der Waals surface area (Å²) >= 11 is 0. The quantitative estimate of drug-likeness (QED) is 0.119. The Labute approximate surface area is 267 Å². The average Bonchev–Trinajstić information content (AvgIpc) is 3.46. The summed E-state index contributed by atoms with van der Waals surface area (Å²) in [6.45, 7) is 17.4. The lowest BCUT2D eigenvalue weighted by atomic mass is 10.2. The summed E-state index contributed by atoms with van der Waals surface area (Å²) in [5.74, 6) is 0. The van der Waals surface area contributed by atoms with Crippen molar-refractivity contribution in [2.75, 3.05) is 24.3 Å². The molecule has 0 saturated carbocycles. The highest BCUT2D eigenvalue weighted by molar-refractivity contribution is 5.84. The maximum absolute atomic E-state index is 11.4. The monoisotopic (exact) mass is 636 g/mol. The van der Waals surface area contributed by atoms with Gasteiger partial charge in [0.05, 0.1) is 13.2 Å². The summed E-state index contributed by atoms with van der Waals surface area (Å²) < 4.78 is 23.8. The molecular formula is C33H52N2O10. The van der Waals surface area contributed by atoms with Crippen molar-refractivity contribution < 1.29 is 48.3 Å². The number of hydrogen-bond acceptors (Lipinski definition) is 11. The van der Waals surface area contributed by atoms with Gasteiger partial charge in [0.2, 0.25) is 0 Å². The average molecular weight is 637 g/mol. The van der Waals surface area contributed by atoms with E-state index in [9.17, 15) is 14.4 Å². The molecule has 0 bridgehead atoms. The molecule has 5 N–H and O–H groups in total. The van der Waals surface area contributed by atoms with Crippen LogP contribution in [0.15, 0.2) is 48.5 Å². The standard InChI is InChI=1S/C12H17NO3.C10H18O5.C7H9NO.C4H8O/c1-12(2,3)16-11(15)13-10-6-4-5-9(7-10)8-14;1-9(2,3)14-7(11)13-8(12)15-10(4,5)6;8-7-3-1-2-6(4-7)5-9;1-2-4-5-3-1/h4-7,14H,8H2,1-3H3,(H,13,15);1-6H3;1-4,9H,5,8H2;1-4H2. The van der Waals surface area contributed by atoms with Crippen LogP contribution in [-0.4, -0.2) is 58.6 Å². The highest BCUT2D eigenvalue weighted by atomic mass is 16.8. The van der Waals surface area contributed by atoms with Gasteiger partial charge in [-0.25, -0.2) is 14.4 Å². The Morgan fingerprint density at radius 2 is 1.18 bits per heavy atom. The fourth-order valence-electron chi connectivity index (χ4n) is 2.98. The van der Waals surface area contributed by atoms with Gasteiger partial charge < -0.3 is 39.6 Å². The molecule has 1 saturated heterocycles. The maximum Gasteiger partial charge on any atom is 0.519 e. The smallest absolute Gasteiger partial charge is 0.444 e. The third kappa shape index (κ3) is 25.2. The van der Waals surface area contributed by atoms with Gasteiger partial charge in [0.25, 0.3) is 0 Å². The van der Waals surface area contributed by atoms with E-state index >= 15 is 0 Å².